The van der Waals surface area contributed by atoms with E-state index in [1.807, 2.05) is 0 Å². The molecule has 1 aromatic rings. The maximum absolute atomic E-state index is 13.2. The van der Waals surface area contributed by atoms with Crippen molar-refractivity contribution in [2.24, 2.45) is 5.73 Å². The minimum atomic E-state index is -4.08. The van der Waals surface area contributed by atoms with Crippen molar-refractivity contribution < 1.29 is 27.8 Å². The number of hydrogen-bond donors (Lipinski definition) is 1. The van der Waals surface area contributed by atoms with Crippen LogP contribution in [-0.2, 0) is 9.53 Å². The molecular formula is C11H11F2NO4. The van der Waals surface area contributed by atoms with Crippen molar-refractivity contribution in [2.45, 2.75) is 13.0 Å². The molecule has 1 aromatic carbocycles. The van der Waals surface area contributed by atoms with Crippen LogP contribution in [0.4, 0.5) is 8.78 Å². The Morgan fingerprint density at radius 2 is 1.83 bits per heavy atom. The number of rotatable bonds is 5. The number of benzene rings is 1. The molecule has 0 saturated carbocycles. The van der Waals surface area contributed by atoms with Gasteiger partial charge in [-0.15, -0.1) is 0 Å². The van der Waals surface area contributed by atoms with Crippen LogP contribution in [0.2, 0.25) is 0 Å². The first-order valence-corrected chi connectivity index (χ1v) is 5.00. The van der Waals surface area contributed by atoms with E-state index < -0.39 is 18.0 Å². The average Bonchev–Trinajstić information content (AvgIpc) is 2.29. The standard InChI is InChI=1S/C11H11F2NO4/c1-2-17-10(16)11(12,13)18-8-5-3-7(4-6-8)9(14)15/h3-6H,2H2,1H3,(H2,14,15). The molecule has 18 heavy (non-hydrogen) atoms. The Morgan fingerprint density at radius 3 is 2.28 bits per heavy atom. The molecule has 2 N–H and O–H groups in total. The zero-order valence-electron chi connectivity index (χ0n) is 9.48. The lowest BCUT2D eigenvalue weighted by Gasteiger charge is -2.15. The zero-order valence-corrected chi connectivity index (χ0v) is 9.48. The lowest BCUT2D eigenvalue weighted by atomic mass is 10.2. The molecule has 1 amide bonds. The number of primary amides is 1. The third-order valence-electron chi connectivity index (χ3n) is 1.90. The second kappa shape index (κ2) is 5.44. The van der Waals surface area contributed by atoms with Gasteiger partial charge >= 0.3 is 12.1 Å². The number of ether oxygens (including phenoxy) is 2. The van der Waals surface area contributed by atoms with Crippen LogP contribution in [0.5, 0.6) is 5.75 Å². The van der Waals surface area contributed by atoms with Crippen molar-refractivity contribution >= 4 is 11.9 Å². The SMILES string of the molecule is CCOC(=O)C(F)(F)Oc1ccc(C(N)=O)cc1. The van der Waals surface area contributed by atoms with Gasteiger partial charge in [0, 0.05) is 5.56 Å². The first kappa shape index (κ1) is 13.9. The number of esters is 1. The van der Waals surface area contributed by atoms with Crippen molar-refractivity contribution in [3.05, 3.63) is 29.8 Å². The van der Waals surface area contributed by atoms with E-state index in [-0.39, 0.29) is 17.9 Å². The van der Waals surface area contributed by atoms with Crippen LogP contribution in [0.1, 0.15) is 17.3 Å². The molecule has 0 bridgehead atoms. The number of nitrogens with two attached hydrogens (primary N) is 1. The Balaban J connectivity index is 2.78. The zero-order chi connectivity index (χ0) is 13.8. The summed E-state index contributed by atoms with van der Waals surface area (Å²) >= 11 is 0. The summed E-state index contributed by atoms with van der Waals surface area (Å²) in [4.78, 5) is 21.6. The van der Waals surface area contributed by atoms with Crippen molar-refractivity contribution in [2.75, 3.05) is 6.61 Å². The van der Waals surface area contributed by atoms with Gasteiger partial charge in [0.25, 0.3) is 0 Å². The third kappa shape index (κ3) is 3.41. The summed E-state index contributed by atoms with van der Waals surface area (Å²) in [5.74, 6) is -2.75. The molecule has 0 aliphatic rings. The molecule has 98 valence electrons. The summed E-state index contributed by atoms with van der Waals surface area (Å²) in [6.45, 7) is 1.22. The van der Waals surface area contributed by atoms with Gasteiger partial charge in [-0.3, -0.25) is 4.79 Å². The topological polar surface area (TPSA) is 78.6 Å². The number of carbonyl (C=O) groups excluding carboxylic acids is 2. The van der Waals surface area contributed by atoms with Crippen molar-refractivity contribution in [1.82, 2.24) is 0 Å². The Kier molecular flexibility index (Phi) is 4.19. The van der Waals surface area contributed by atoms with Gasteiger partial charge in [0.15, 0.2) is 0 Å². The molecule has 0 heterocycles. The molecule has 0 aromatic heterocycles. The van der Waals surface area contributed by atoms with Gasteiger partial charge < -0.3 is 15.2 Å². The molecule has 0 fully saturated rings. The first-order chi connectivity index (χ1) is 8.36. The highest BCUT2D eigenvalue weighted by Gasteiger charge is 2.44. The normalized spacial score (nSPS) is 10.8. The van der Waals surface area contributed by atoms with E-state index in [0.29, 0.717) is 0 Å². The van der Waals surface area contributed by atoms with Crippen LogP contribution in [0.15, 0.2) is 24.3 Å². The molecule has 0 atom stereocenters. The van der Waals surface area contributed by atoms with Gasteiger partial charge in [-0.2, -0.15) is 8.78 Å². The minimum Gasteiger partial charge on any atom is -0.459 e. The van der Waals surface area contributed by atoms with Crippen LogP contribution < -0.4 is 10.5 Å². The largest absolute Gasteiger partial charge is 0.502 e. The summed E-state index contributed by atoms with van der Waals surface area (Å²) in [6, 6.07) is 4.62. The van der Waals surface area contributed by atoms with Crippen LogP contribution in [0.25, 0.3) is 0 Å². The summed E-state index contributed by atoms with van der Waals surface area (Å²) in [5.41, 5.74) is 5.12. The van der Waals surface area contributed by atoms with E-state index in [4.69, 9.17) is 5.73 Å². The van der Waals surface area contributed by atoms with Gasteiger partial charge in [0.1, 0.15) is 5.75 Å². The Morgan fingerprint density at radius 1 is 1.28 bits per heavy atom. The maximum Gasteiger partial charge on any atom is 0.502 e. The lowest BCUT2D eigenvalue weighted by molar-refractivity contribution is -0.216. The van der Waals surface area contributed by atoms with Crippen LogP contribution >= 0.6 is 0 Å². The van der Waals surface area contributed by atoms with E-state index in [0.717, 1.165) is 12.1 Å². The number of halogens is 2. The summed E-state index contributed by atoms with van der Waals surface area (Å²) in [6.07, 6.45) is -4.08. The Hall–Kier alpha value is -2.18. The Bertz CT molecular complexity index is 445. The van der Waals surface area contributed by atoms with E-state index in [1.165, 1.54) is 19.1 Å². The molecule has 7 heteroatoms. The van der Waals surface area contributed by atoms with Crippen molar-refractivity contribution in [3.63, 3.8) is 0 Å². The highest BCUT2D eigenvalue weighted by molar-refractivity contribution is 5.92. The molecule has 0 aliphatic carbocycles. The third-order valence-corrected chi connectivity index (χ3v) is 1.90. The number of amides is 1. The number of hydrogen-bond acceptors (Lipinski definition) is 4. The van der Waals surface area contributed by atoms with Crippen molar-refractivity contribution in [1.29, 1.82) is 0 Å². The average molecular weight is 259 g/mol. The summed E-state index contributed by atoms with van der Waals surface area (Å²) in [7, 11) is 0. The van der Waals surface area contributed by atoms with Gasteiger partial charge in [0.05, 0.1) is 6.61 Å². The fraction of sp³-hybridized carbons (Fsp3) is 0.273. The molecule has 1 rings (SSSR count). The van der Waals surface area contributed by atoms with Crippen LogP contribution in [0.3, 0.4) is 0 Å². The predicted octanol–water partition coefficient (Wildman–Crippen LogP) is 1.32. The van der Waals surface area contributed by atoms with E-state index >= 15 is 0 Å². The lowest BCUT2D eigenvalue weighted by Crippen LogP contribution is -2.36. The highest BCUT2D eigenvalue weighted by Crippen LogP contribution is 2.23. The van der Waals surface area contributed by atoms with E-state index in [9.17, 15) is 18.4 Å². The first-order valence-electron chi connectivity index (χ1n) is 5.00. The minimum absolute atomic E-state index is 0.141. The molecule has 0 unspecified atom stereocenters. The second-order valence-corrected chi connectivity index (χ2v) is 3.23. The predicted molar refractivity (Wildman–Crippen MR) is 57.2 cm³/mol. The van der Waals surface area contributed by atoms with Crippen LogP contribution in [-0.4, -0.2) is 24.6 Å². The van der Waals surface area contributed by atoms with Gasteiger partial charge in [-0.05, 0) is 31.2 Å². The molecule has 0 aliphatic heterocycles. The number of alkyl halides is 2. The second-order valence-electron chi connectivity index (χ2n) is 3.23. The monoisotopic (exact) mass is 259 g/mol. The van der Waals surface area contributed by atoms with E-state index in [1.54, 1.807) is 0 Å². The van der Waals surface area contributed by atoms with Gasteiger partial charge in [0.2, 0.25) is 5.91 Å². The Labute approximate surface area is 101 Å². The van der Waals surface area contributed by atoms with Gasteiger partial charge in [-0.25, -0.2) is 4.79 Å². The van der Waals surface area contributed by atoms with Gasteiger partial charge in [-0.1, -0.05) is 0 Å². The number of carbonyl (C=O) groups is 2. The maximum atomic E-state index is 13.2. The summed E-state index contributed by atoms with van der Waals surface area (Å²) < 4.78 is 34.7. The molecule has 0 saturated heterocycles. The molecule has 5 nitrogen and oxygen atoms in total. The fourth-order valence-electron chi connectivity index (χ4n) is 1.09. The van der Waals surface area contributed by atoms with Crippen molar-refractivity contribution in [3.8, 4) is 5.75 Å². The molecule has 0 spiro atoms. The van der Waals surface area contributed by atoms with Crippen LogP contribution in [0, 0.1) is 0 Å². The fourth-order valence-corrected chi connectivity index (χ4v) is 1.09. The molecular weight excluding hydrogens is 248 g/mol. The smallest absolute Gasteiger partial charge is 0.459 e. The quantitative estimate of drug-likeness (QED) is 0.809. The summed E-state index contributed by atoms with van der Waals surface area (Å²) in [5, 5.41) is 0. The molecule has 0 radical (unpaired) electrons. The highest BCUT2D eigenvalue weighted by atomic mass is 19.3. The van der Waals surface area contributed by atoms with E-state index in [2.05, 4.69) is 9.47 Å².